The topological polar surface area (TPSA) is 6.48 Å². The Bertz CT molecular complexity index is 3450. The van der Waals surface area contributed by atoms with Gasteiger partial charge >= 0.3 is 0 Å². The molecule has 2 heterocycles. The molecule has 65 heavy (non-hydrogen) atoms. The van der Waals surface area contributed by atoms with Crippen molar-refractivity contribution in [3.63, 3.8) is 0 Å². The molecule has 0 bridgehead atoms. The lowest BCUT2D eigenvalue weighted by atomic mass is 9.71. The number of rotatable bonds is 5. The summed E-state index contributed by atoms with van der Waals surface area (Å²) in [6, 6.07) is 65.0. The van der Waals surface area contributed by atoms with Crippen molar-refractivity contribution in [1.29, 1.82) is 0 Å². The van der Waals surface area contributed by atoms with Gasteiger partial charge in [-0.3, -0.25) is 0 Å². The number of anilines is 6. The number of hydrogen-bond donors (Lipinski definition) is 0. The van der Waals surface area contributed by atoms with Gasteiger partial charge in [-0.15, -0.1) is 0 Å². The molecular formula is C63H56N2. The van der Waals surface area contributed by atoms with Crippen LogP contribution < -0.4 is 9.80 Å². The summed E-state index contributed by atoms with van der Waals surface area (Å²) in [6.45, 7) is 18.9. The van der Waals surface area contributed by atoms with E-state index in [-0.39, 0.29) is 16.2 Å². The maximum absolute atomic E-state index is 2.53. The second-order valence-corrected chi connectivity index (χ2v) is 20.3. The fourth-order valence-electron chi connectivity index (χ4n) is 12.1. The van der Waals surface area contributed by atoms with Crippen LogP contribution in [0.4, 0.5) is 34.1 Å². The lowest BCUT2D eigenvalue weighted by Crippen LogP contribution is -2.31. The Hall–Kier alpha value is -6.90. The predicted octanol–water partition coefficient (Wildman–Crippen LogP) is 17.3. The first-order valence-corrected chi connectivity index (χ1v) is 23.7. The highest BCUT2D eigenvalue weighted by Gasteiger charge is 2.43. The zero-order valence-electron chi connectivity index (χ0n) is 39.0. The Morgan fingerprint density at radius 1 is 0.308 bits per heavy atom. The summed E-state index contributed by atoms with van der Waals surface area (Å²) in [4.78, 5) is 5.06. The fourth-order valence-corrected chi connectivity index (χ4v) is 12.1. The molecule has 0 unspecified atom stereocenters. The number of benzene rings is 9. The van der Waals surface area contributed by atoms with Gasteiger partial charge in [-0.1, -0.05) is 152 Å². The molecule has 0 spiro atoms. The van der Waals surface area contributed by atoms with Gasteiger partial charge in [0.05, 0.1) is 22.7 Å². The summed E-state index contributed by atoms with van der Waals surface area (Å²) in [6.07, 6.45) is 1.97. The van der Waals surface area contributed by atoms with Gasteiger partial charge in [0.2, 0.25) is 0 Å². The molecule has 0 fully saturated rings. The summed E-state index contributed by atoms with van der Waals surface area (Å²) >= 11 is 0. The van der Waals surface area contributed by atoms with Crippen molar-refractivity contribution < 1.29 is 0 Å². The van der Waals surface area contributed by atoms with Crippen LogP contribution in [0.15, 0.2) is 170 Å². The minimum Gasteiger partial charge on any atom is -0.310 e. The Morgan fingerprint density at radius 3 is 1.34 bits per heavy atom. The molecule has 3 aliphatic rings. The van der Waals surface area contributed by atoms with Crippen molar-refractivity contribution in [2.75, 3.05) is 9.80 Å². The lowest BCUT2D eigenvalue weighted by molar-refractivity contribution is 0.627. The van der Waals surface area contributed by atoms with Gasteiger partial charge in [0.1, 0.15) is 0 Å². The van der Waals surface area contributed by atoms with E-state index in [4.69, 9.17) is 0 Å². The van der Waals surface area contributed by atoms with Crippen molar-refractivity contribution in [3.8, 4) is 22.3 Å². The van der Waals surface area contributed by atoms with Gasteiger partial charge < -0.3 is 9.80 Å². The smallest absolute Gasteiger partial charge is 0.0506 e. The van der Waals surface area contributed by atoms with Gasteiger partial charge in [-0.05, 0) is 174 Å². The quantitative estimate of drug-likeness (QED) is 0.159. The van der Waals surface area contributed by atoms with E-state index < -0.39 is 0 Å². The molecule has 12 rings (SSSR count). The second kappa shape index (κ2) is 14.0. The van der Waals surface area contributed by atoms with Crippen LogP contribution in [0.1, 0.15) is 99.9 Å². The van der Waals surface area contributed by atoms with Crippen LogP contribution in [0.3, 0.4) is 0 Å². The summed E-state index contributed by atoms with van der Waals surface area (Å²) in [5, 5.41) is 4.96. The highest BCUT2D eigenvalue weighted by Crippen LogP contribution is 2.58. The Kier molecular flexibility index (Phi) is 8.57. The van der Waals surface area contributed by atoms with E-state index in [1.165, 1.54) is 122 Å². The van der Waals surface area contributed by atoms with Crippen LogP contribution in [-0.2, 0) is 29.1 Å². The molecule has 318 valence electrons. The standard InChI is InChI=1S/C63H56N2/c1-9-39-19-11-12-20-47(39)49-36-55-59(35-40(49)10-2)64(57-25-17-15-23-52(57)62(55,5)6)45-29-27-41-32-44-34-46(30-28-42(44)31-43(41)33-45)65-58-26-18-16-24-53(58)63(7,8)56-37-50-48-21-13-14-22-51(48)61(3,4)54(50)38-60(56)65/h11-38H,9-10H2,1-8H3. The van der Waals surface area contributed by atoms with Crippen molar-refractivity contribution in [2.45, 2.75) is 84.5 Å². The molecule has 0 atom stereocenters. The molecule has 9 aromatic rings. The average Bonchev–Trinajstić information content (AvgIpc) is 3.55. The first-order chi connectivity index (χ1) is 31.4. The molecular weight excluding hydrogens is 785 g/mol. The Morgan fingerprint density at radius 2 is 0.769 bits per heavy atom. The third kappa shape index (κ3) is 5.65. The summed E-state index contributed by atoms with van der Waals surface area (Å²) in [5.74, 6) is 0. The predicted molar refractivity (Wildman–Crippen MR) is 277 cm³/mol. The van der Waals surface area contributed by atoms with E-state index in [0.717, 1.165) is 12.8 Å². The molecule has 0 saturated heterocycles. The SMILES string of the molecule is CCc1ccccc1-c1cc2c(cc1CC)N(c1ccc3cc4cc(N5c6ccccc6C(C)(C)c6cc7c(cc65)C(C)(C)c5ccccc5-7)ccc4cc3c1)c1ccccc1C2(C)C. The summed E-state index contributed by atoms with van der Waals surface area (Å²) in [5.41, 5.74) is 23.4. The number of fused-ring (bicyclic) bond motifs is 9. The normalized spacial score (nSPS) is 15.8. The summed E-state index contributed by atoms with van der Waals surface area (Å²) < 4.78 is 0. The molecule has 0 N–H and O–H groups in total. The van der Waals surface area contributed by atoms with E-state index in [2.05, 4.69) is 235 Å². The van der Waals surface area contributed by atoms with Gasteiger partial charge in [0, 0.05) is 27.6 Å². The van der Waals surface area contributed by atoms with Gasteiger partial charge in [-0.2, -0.15) is 0 Å². The Balaban J connectivity index is 0.991. The van der Waals surface area contributed by atoms with Crippen LogP contribution in [0.2, 0.25) is 0 Å². The van der Waals surface area contributed by atoms with Crippen molar-refractivity contribution in [2.24, 2.45) is 0 Å². The number of nitrogens with zero attached hydrogens (tertiary/aromatic N) is 2. The minimum absolute atomic E-state index is 0.0917. The van der Waals surface area contributed by atoms with Crippen molar-refractivity contribution in [3.05, 3.63) is 214 Å². The van der Waals surface area contributed by atoms with Gasteiger partial charge in [0.15, 0.2) is 0 Å². The van der Waals surface area contributed by atoms with Gasteiger partial charge in [0.25, 0.3) is 0 Å². The molecule has 0 amide bonds. The molecule has 2 aliphatic heterocycles. The van der Waals surface area contributed by atoms with Crippen LogP contribution in [-0.4, -0.2) is 0 Å². The average molecular weight is 841 g/mol. The molecule has 0 aromatic heterocycles. The maximum atomic E-state index is 2.53. The fraction of sp³-hybridized carbons (Fsp3) is 0.206. The minimum atomic E-state index is -0.179. The third-order valence-corrected chi connectivity index (χ3v) is 15.7. The molecule has 9 aromatic carbocycles. The highest BCUT2D eigenvalue weighted by atomic mass is 15.2. The van der Waals surface area contributed by atoms with Gasteiger partial charge in [-0.25, -0.2) is 0 Å². The summed E-state index contributed by atoms with van der Waals surface area (Å²) in [7, 11) is 0. The van der Waals surface area contributed by atoms with Crippen molar-refractivity contribution in [1.82, 2.24) is 0 Å². The largest absolute Gasteiger partial charge is 0.310 e. The molecule has 2 heteroatoms. The van der Waals surface area contributed by atoms with E-state index in [9.17, 15) is 0 Å². The highest BCUT2D eigenvalue weighted by molar-refractivity contribution is 6.03. The van der Waals surface area contributed by atoms with E-state index in [0.29, 0.717) is 0 Å². The van der Waals surface area contributed by atoms with Crippen LogP contribution in [0.5, 0.6) is 0 Å². The zero-order valence-corrected chi connectivity index (χ0v) is 39.0. The maximum Gasteiger partial charge on any atom is 0.0506 e. The van der Waals surface area contributed by atoms with Crippen molar-refractivity contribution >= 4 is 55.7 Å². The monoisotopic (exact) mass is 840 g/mol. The second-order valence-electron chi connectivity index (χ2n) is 20.3. The number of aryl methyl sites for hydroxylation is 2. The number of para-hydroxylation sites is 2. The molecule has 0 saturated carbocycles. The van der Waals surface area contributed by atoms with Crippen LogP contribution in [0.25, 0.3) is 43.8 Å². The molecule has 2 nitrogen and oxygen atoms in total. The van der Waals surface area contributed by atoms with Crippen LogP contribution in [0, 0.1) is 0 Å². The zero-order chi connectivity index (χ0) is 44.6. The lowest BCUT2D eigenvalue weighted by Gasteiger charge is -2.43. The first kappa shape index (κ1) is 39.7. The Labute approximate surface area is 384 Å². The molecule has 1 aliphatic carbocycles. The van der Waals surface area contributed by atoms with Crippen LogP contribution >= 0.6 is 0 Å². The first-order valence-electron chi connectivity index (χ1n) is 23.7. The third-order valence-electron chi connectivity index (χ3n) is 15.7. The molecule has 0 radical (unpaired) electrons. The number of hydrogen-bond acceptors (Lipinski definition) is 2. The van der Waals surface area contributed by atoms with E-state index in [1.54, 1.807) is 0 Å². The van der Waals surface area contributed by atoms with E-state index in [1.807, 2.05) is 0 Å². The van der Waals surface area contributed by atoms with E-state index >= 15 is 0 Å².